The standard InChI is InChI=1S/C12H17N3S/c1-8-5-6-9(2)16-10(3)7-15-11(8)12(13)14-4/h5-7,11H,3H2,1-2,4H3,(H2,13,14)/b8-5?,9-6+,15-7-. The lowest BCUT2D eigenvalue weighted by Gasteiger charge is -2.13. The van der Waals surface area contributed by atoms with Crippen LogP contribution in [0.1, 0.15) is 13.8 Å². The first kappa shape index (κ1) is 12.8. The van der Waals surface area contributed by atoms with Crippen LogP contribution in [0.25, 0.3) is 0 Å². The molecular weight excluding hydrogens is 218 g/mol. The van der Waals surface area contributed by atoms with Gasteiger partial charge >= 0.3 is 0 Å². The molecule has 0 aromatic rings. The lowest BCUT2D eigenvalue weighted by Crippen LogP contribution is -2.30. The van der Waals surface area contributed by atoms with Gasteiger partial charge in [-0.3, -0.25) is 10.4 Å². The second-order valence-electron chi connectivity index (χ2n) is 3.60. The van der Waals surface area contributed by atoms with Crippen molar-refractivity contribution in [3.05, 3.63) is 34.1 Å². The molecule has 0 bridgehead atoms. The molecule has 2 N–H and O–H groups in total. The fourth-order valence-corrected chi connectivity index (χ4v) is 1.98. The number of rotatable bonds is 1. The zero-order valence-electron chi connectivity index (χ0n) is 9.87. The van der Waals surface area contributed by atoms with E-state index in [0.29, 0.717) is 5.84 Å². The van der Waals surface area contributed by atoms with E-state index in [1.165, 1.54) is 4.91 Å². The number of likely N-dealkylation sites (N-methyl/N-ethyl adjacent to an activating group) is 1. The molecule has 0 saturated carbocycles. The van der Waals surface area contributed by atoms with Crippen molar-refractivity contribution in [3.63, 3.8) is 0 Å². The quantitative estimate of drug-likeness (QED) is 0.542. The van der Waals surface area contributed by atoms with E-state index < -0.39 is 0 Å². The lowest BCUT2D eigenvalue weighted by molar-refractivity contribution is 0.928. The van der Waals surface area contributed by atoms with Crippen LogP contribution in [-0.4, -0.2) is 25.1 Å². The van der Waals surface area contributed by atoms with Gasteiger partial charge in [-0.05, 0) is 24.3 Å². The number of nitrogens with one attached hydrogen (secondary N) is 2. The number of nitrogens with zero attached hydrogens (tertiary/aromatic N) is 1. The van der Waals surface area contributed by atoms with Crippen molar-refractivity contribution >= 4 is 23.8 Å². The van der Waals surface area contributed by atoms with Crippen molar-refractivity contribution in [2.75, 3.05) is 7.05 Å². The summed E-state index contributed by atoms with van der Waals surface area (Å²) in [4.78, 5) is 6.44. The van der Waals surface area contributed by atoms with Crippen molar-refractivity contribution < 1.29 is 0 Å². The van der Waals surface area contributed by atoms with Gasteiger partial charge in [0.25, 0.3) is 0 Å². The Hall–Kier alpha value is -1.29. The van der Waals surface area contributed by atoms with Gasteiger partial charge in [-0.1, -0.05) is 30.5 Å². The molecule has 16 heavy (non-hydrogen) atoms. The van der Waals surface area contributed by atoms with Gasteiger partial charge in [-0.2, -0.15) is 0 Å². The van der Waals surface area contributed by atoms with Gasteiger partial charge in [0, 0.05) is 18.2 Å². The van der Waals surface area contributed by atoms with Crippen LogP contribution >= 0.6 is 11.8 Å². The summed E-state index contributed by atoms with van der Waals surface area (Å²) < 4.78 is 0. The second kappa shape index (κ2) is 5.70. The lowest BCUT2D eigenvalue weighted by atomic mass is 10.1. The Morgan fingerprint density at radius 2 is 2.19 bits per heavy atom. The summed E-state index contributed by atoms with van der Waals surface area (Å²) in [6, 6.07) is -0.232. The minimum Gasteiger partial charge on any atom is -0.375 e. The molecule has 1 aliphatic heterocycles. The van der Waals surface area contributed by atoms with Gasteiger partial charge in [0.15, 0.2) is 0 Å². The largest absolute Gasteiger partial charge is 0.375 e. The summed E-state index contributed by atoms with van der Waals surface area (Å²) in [7, 11) is 1.74. The Morgan fingerprint density at radius 3 is 2.81 bits per heavy atom. The maximum absolute atomic E-state index is 7.80. The minimum absolute atomic E-state index is 0.232. The van der Waals surface area contributed by atoms with Gasteiger partial charge in [0.1, 0.15) is 11.9 Å². The first-order valence-electron chi connectivity index (χ1n) is 5.05. The minimum atomic E-state index is -0.232. The third-order valence-corrected chi connectivity index (χ3v) is 3.04. The molecule has 1 rings (SSSR count). The normalized spacial score (nSPS) is 26.7. The molecule has 1 heterocycles. The summed E-state index contributed by atoms with van der Waals surface area (Å²) in [5.74, 6) is 0.399. The first-order chi connectivity index (χ1) is 7.54. The molecule has 0 aromatic carbocycles. The molecule has 0 amide bonds. The Bertz CT molecular complexity index is 391. The molecule has 4 heteroatoms. The van der Waals surface area contributed by atoms with Crippen molar-refractivity contribution in [1.82, 2.24) is 5.32 Å². The van der Waals surface area contributed by atoms with Crippen LogP contribution in [0.5, 0.6) is 0 Å². The molecule has 0 aliphatic carbocycles. The van der Waals surface area contributed by atoms with E-state index >= 15 is 0 Å². The number of amidine groups is 1. The van der Waals surface area contributed by atoms with Crippen molar-refractivity contribution in [2.24, 2.45) is 4.99 Å². The van der Waals surface area contributed by atoms with Crippen LogP contribution in [0.4, 0.5) is 0 Å². The summed E-state index contributed by atoms with van der Waals surface area (Å²) in [6.07, 6.45) is 5.78. The van der Waals surface area contributed by atoms with Crippen LogP contribution in [0.3, 0.4) is 0 Å². The average Bonchev–Trinajstić information content (AvgIpc) is 2.30. The highest BCUT2D eigenvalue weighted by Gasteiger charge is 2.14. The van der Waals surface area contributed by atoms with Gasteiger partial charge in [-0.15, -0.1) is 0 Å². The molecule has 0 saturated heterocycles. The molecule has 0 aromatic heterocycles. The molecule has 1 atom stereocenters. The van der Waals surface area contributed by atoms with E-state index in [0.717, 1.165) is 10.5 Å². The first-order valence-corrected chi connectivity index (χ1v) is 5.87. The summed E-state index contributed by atoms with van der Waals surface area (Å²) in [6.45, 7) is 7.93. The number of allylic oxidation sites excluding steroid dienone is 4. The Morgan fingerprint density at radius 1 is 1.50 bits per heavy atom. The van der Waals surface area contributed by atoms with E-state index in [1.54, 1.807) is 25.0 Å². The molecule has 3 nitrogen and oxygen atoms in total. The van der Waals surface area contributed by atoms with E-state index in [4.69, 9.17) is 5.41 Å². The Balaban J connectivity index is 3.07. The Kier molecular flexibility index (Phi) is 4.55. The fourth-order valence-electron chi connectivity index (χ4n) is 1.32. The van der Waals surface area contributed by atoms with Gasteiger partial charge < -0.3 is 5.32 Å². The van der Waals surface area contributed by atoms with Gasteiger partial charge in [0.05, 0.1) is 0 Å². The smallest absolute Gasteiger partial charge is 0.128 e. The predicted octanol–water partition coefficient (Wildman–Crippen LogP) is 2.73. The monoisotopic (exact) mass is 235 g/mol. The SMILES string of the molecule is C=C1/C=N\C(C(=N)NC)C(C)=C/C=C(\C)S1. The maximum atomic E-state index is 7.80. The molecule has 1 unspecified atom stereocenters. The summed E-state index contributed by atoms with van der Waals surface area (Å²) in [5.41, 5.74) is 1.05. The number of hydrogen-bond acceptors (Lipinski definition) is 3. The Labute approximate surface area is 101 Å². The average molecular weight is 235 g/mol. The molecule has 0 fully saturated rings. The summed E-state index contributed by atoms with van der Waals surface area (Å²) >= 11 is 1.59. The van der Waals surface area contributed by atoms with E-state index in [9.17, 15) is 0 Å². The maximum Gasteiger partial charge on any atom is 0.128 e. The second-order valence-corrected chi connectivity index (χ2v) is 4.97. The van der Waals surface area contributed by atoms with Gasteiger partial charge in [0.2, 0.25) is 0 Å². The third kappa shape index (κ3) is 3.38. The van der Waals surface area contributed by atoms with E-state index in [-0.39, 0.29) is 6.04 Å². The molecular formula is C12H17N3S. The highest BCUT2D eigenvalue weighted by Crippen LogP contribution is 2.24. The predicted molar refractivity (Wildman–Crippen MR) is 73.3 cm³/mol. The fraction of sp³-hybridized carbons (Fsp3) is 0.333. The molecule has 0 radical (unpaired) electrons. The van der Waals surface area contributed by atoms with Crippen LogP contribution in [0, 0.1) is 5.41 Å². The van der Waals surface area contributed by atoms with Crippen LogP contribution in [0.2, 0.25) is 0 Å². The third-order valence-electron chi connectivity index (χ3n) is 2.21. The number of aliphatic imine (C=N–C) groups is 1. The van der Waals surface area contributed by atoms with Crippen LogP contribution < -0.4 is 5.32 Å². The summed E-state index contributed by atoms with van der Waals surface area (Å²) in [5, 5.41) is 10.6. The van der Waals surface area contributed by atoms with Crippen LogP contribution in [0.15, 0.2) is 39.1 Å². The highest BCUT2D eigenvalue weighted by atomic mass is 32.2. The topological polar surface area (TPSA) is 48.2 Å². The number of hydrogen-bond donors (Lipinski definition) is 2. The van der Waals surface area contributed by atoms with Gasteiger partial charge in [-0.25, -0.2) is 0 Å². The van der Waals surface area contributed by atoms with Crippen molar-refractivity contribution in [2.45, 2.75) is 19.9 Å². The number of thioether (sulfide) groups is 1. The van der Waals surface area contributed by atoms with Crippen molar-refractivity contribution in [1.29, 1.82) is 5.41 Å². The van der Waals surface area contributed by atoms with Crippen LogP contribution in [-0.2, 0) is 0 Å². The zero-order valence-corrected chi connectivity index (χ0v) is 10.7. The highest BCUT2D eigenvalue weighted by molar-refractivity contribution is 8.07. The molecule has 0 spiro atoms. The zero-order chi connectivity index (χ0) is 12.1. The molecule has 86 valence electrons. The molecule has 1 aliphatic rings. The van der Waals surface area contributed by atoms with E-state index in [2.05, 4.69) is 16.9 Å². The van der Waals surface area contributed by atoms with Crippen molar-refractivity contribution in [3.8, 4) is 0 Å². The van der Waals surface area contributed by atoms with E-state index in [1.807, 2.05) is 26.0 Å².